The molecule has 1 N–H and O–H groups in total. The number of anilines is 1. The van der Waals surface area contributed by atoms with E-state index in [4.69, 9.17) is 49.0 Å². The van der Waals surface area contributed by atoms with E-state index in [9.17, 15) is 19.7 Å². The molecule has 29 heavy (non-hydrogen) atoms. The van der Waals surface area contributed by atoms with Crippen molar-refractivity contribution in [1.82, 2.24) is 0 Å². The summed E-state index contributed by atoms with van der Waals surface area (Å²) >= 11 is 17.6. The highest BCUT2D eigenvalue weighted by Gasteiger charge is 2.26. The van der Waals surface area contributed by atoms with Crippen LogP contribution in [0.5, 0.6) is 11.5 Å². The van der Waals surface area contributed by atoms with Gasteiger partial charge in [0.1, 0.15) is 5.56 Å². The van der Waals surface area contributed by atoms with Gasteiger partial charge in [0, 0.05) is 6.07 Å². The Balaban J connectivity index is 2.15. The van der Waals surface area contributed by atoms with E-state index in [1.54, 1.807) is 0 Å². The molecule has 0 bridgehead atoms. The Bertz CT molecular complexity index is 982. The van der Waals surface area contributed by atoms with Gasteiger partial charge in [0.15, 0.2) is 18.1 Å². The van der Waals surface area contributed by atoms with Crippen molar-refractivity contribution >= 4 is 58.1 Å². The van der Waals surface area contributed by atoms with Crippen LogP contribution in [0.3, 0.4) is 0 Å². The average molecular weight is 464 g/mol. The zero-order chi connectivity index (χ0) is 21.7. The normalized spacial score (nSPS) is 10.2. The van der Waals surface area contributed by atoms with Gasteiger partial charge in [-0.1, -0.05) is 34.8 Å². The van der Waals surface area contributed by atoms with Gasteiger partial charge in [-0.05, 0) is 12.1 Å². The summed E-state index contributed by atoms with van der Waals surface area (Å²) in [7, 11) is 2.59. The second-order valence-electron chi connectivity index (χ2n) is 5.35. The first-order valence-electron chi connectivity index (χ1n) is 7.69. The summed E-state index contributed by atoms with van der Waals surface area (Å²) in [5, 5.41) is 14.1. The van der Waals surface area contributed by atoms with Gasteiger partial charge < -0.3 is 19.5 Å². The average Bonchev–Trinajstić information content (AvgIpc) is 2.68. The molecule has 0 unspecified atom stereocenters. The smallest absolute Gasteiger partial charge is 0.345 e. The molecule has 0 aliphatic rings. The summed E-state index contributed by atoms with van der Waals surface area (Å²) < 4.78 is 14.9. The molecular formula is C17H13Cl3N2O7. The zero-order valence-corrected chi connectivity index (χ0v) is 17.2. The molecule has 2 aromatic carbocycles. The van der Waals surface area contributed by atoms with Crippen LogP contribution in [0.15, 0.2) is 24.3 Å². The van der Waals surface area contributed by atoms with Crippen molar-refractivity contribution in [3.63, 3.8) is 0 Å². The van der Waals surface area contributed by atoms with Crippen molar-refractivity contribution in [3.8, 4) is 11.5 Å². The van der Waals surface area contributed by atoms with E-state index in [0.717, 1.165) is 12.1 Å². The van der Waals surface area contributed by atoms with Gasteiger partial charge in [0.2, 0.25) is 0 Å². The molecule has 0 fully saturated rings. The van der Waals surface area contributed by atoms with Crippen LogP contribution in [0.2, 0.25) is 15.1 Å². The number of carbonyl (C=O) groups excluding carboxylic acids is 2. The Hall–Kier alpha value is -2.75. The molecule has 2 aromatic rings. The fraction of sp³-hybridized carbons (Fsp3) is 0.176. The Kier molecular flexibility index (Phi) is 7.49. The molecule has 12 heteroatoms. The van der Waals surface area contributed by atoms with Crippen molar-refractivity contribution < 1.29 is 28.7 Å². The maximum atomic E-state index is 12.3. The minimum absolute atomic E-state index is 0.0581. The number of nitro groups is 1. The van der Waals surface area contributed by atoms with Crippen LogP contribution in [0, 0.1) is 10.1 Å². The molecule has 2 rings (SSSR count). The van der Waals surface area contributed by atoms with Crippen molar-refractivity contribution in [1.29, 1.82) is 0 Å². The number of hydrogen-bond acceptors (Lipinski definition) is 7. The number of nitrogens with one attached hydrogen (secondary N) is 1. The molecule has 0 aliphatic carbocycles. The number of amides is 1. The fourth-order valence-electron chi connectivity index (χ4n) is 2.20. The van der Waals surface area contributed by atoms with Gasteiger partial charge in [-0.2, -0.15) is 0 Å². The third kappa shape index (κ3) is 5.41. The third-order valence-corrected chi connectivity index (χ3v) is 4.57. The minimum Gasteiger partial charge on any atom is -0.493 e. The third-order valence-electron chi connectivity index (χ3n) is 3.54. The summed E-state index contributed by atoms with van der Waals surface area (Å²) in [5.41, 5.74) is -0.826. The van der Waals surface area contributed by atoms with Gasteiger partial charge in [-0.15, -0.1) is 0 Å². The lowest BCUT2D eigenvalue weighted by Crippen LogP contribution is -2.21. The number of nitrogens with zero attached hydrogens (tertiary/aromatic N) is 1. The molecule has 1 amide bonds. The lowest BCUT2D eigenvalue weighted by Gasteiger charge is -2.11. The Morgan fingerprint density at radius 1 is 1.00 bits per heavy atom. The van der Waals surface area contributed by atoms with Crippen LogP contribution in [-0.2, 0) is 9.53 Å². The Morgan fingerprint density at radius 3 is 2.17 bits per heavy atom. The SMILES string of the molecule is COc1cc(C(=O)OCC(=O)Nc2cc(Cl)c(Cl)cc2Cl)c([N+](=O)[O-])cc1OC. The molecule has 0 heterocycles. The van der Waals surface area contributed by atoms with E-state index < -0.39 is 34.7 Å². The van der Waals surface area contributed by atoms with E-state index in [1.165, 1.54) is 26.4 Å². The predicted molar refractivity (Wildman–Crippen MR) is 107 cm³/mol. The highest BCUT2D eigenvalue weighted by atomic mass is 35.5. The number of rotatable bonds is 7. The van der Waals surface area contributed by atoms with Crippen molar-refractivity contribution in [2.45, 2.75) is 0 Å². The molecule has 0 atom stereocenters. The largest absolute Gasteiger partial charge is 0.493 e. The molecule has 0 radical (unpaired) electrons. The highest BCUT2D eigenvalue weighted by molar-refractivity contribution is 6.44. The number of methoxy groups -OCH3 is 2. The molecule has 0 aliphatic heterocycles. The number of ether oxygens (including phenoxy) is 3. The molecule has 0 saturated carbocycles. The molecular weight excluding hydrogens is 451 g/mol. The number of carbonyl (C=O) groups is 2. The van der Waals surface area contributed by atoms with Crippen molar-refractivity contribution in [2.75, 3.05) is 26.1 Å². The molecule has 0 saturated heterocycles. The summed E-state index contributed by atoms with van der Waals surface area (Å²) in [6.45, 7) is -0.735. The summed E-state index contributed by atoms with van der Waals surface area (Å²) in [4.78, 5) is 34.8. The van der Waals surface area contributed by atoms with Crippen molar-refractivity contribution in [2.24, 2.45) is 0 Å². The van der Waals surface area contributed by atoms with E-state index in [1.807, 2.05) is 0 Å². The van der Waals surface area contributed by atoms with Gasteiger partial charge >= 0.3 is 5.97 Å². The van der Waals surface area contributed by atoms with Gasteiger partial charge in [0.05, 0.1) is 46.0 Å². The summed E-state index contributed by atoms with van der Waals surface area (Å²) in [6.07, 6.45) is 0. The van der Waals surface area contributed by atoms with E-state index in [-0.39, 0.29) is 32.3 Å². The van der Waals surface area contributed by atoms with Crippen LogP contribution in [0.1, 0.15) is 10.4 Å². The van der Waals surface area contributed by atoms with Crippen LogP contribution in [-0.4, -0.2) is 37.6 Å². The highest BCUT2D eigenvalue weighted by Crippen LogP contribution is 2.35. The number of esters is 1. The molecule has 154 valence electrons. The number of hydrogen-bond donors (Lipinski definition) is 1. The standard InChI is InChI=1S/C17H13Cl3N2O7/c1-27-14-3-8(13(22(25)26)6-15(14)28-2)17(24)29-7-16(23)21-12-5-10(19)9(18)4-11(12)20/h3-6H,7H2,1-2H3,(H,21,23). The quantitative estimate of drug-likeness (QED) is 0.280. The minimum atomic E-state index is -1.10. The first kappa shape index (κ1) is 22.5. The van der Waals surface area contributed by atoms with E-state index in [2.05, 4.69) is 5.32 Å². The summed E-state index contributed by atoms with van der Waals surface area (Å²) in [5.74, 6) is -1.71. The number of benzene rings is 2. The van der Waals surface area contributed by atoms with Crippen LogP contribution >= 0.6 is 34.8 Å². The monoisotopic (exact) mass is 462 g/mol. The van der Waals surface area contributed by atoms with Crippen LogP contribution in [0.4, 0.5) is 11.4 Å². The summed E-state index contributed by atoms with van der Waals surface area (Å²) in [6, 6.07) is 4.77. The second-order valence-corrected chi connectivity index (χ2v) is 6.57. The van der Waals surface area contributed by atoms with Gasteiger partial charge in [-0.25, -0.2) is 4.79 Å². The lowest BCUT2D eigenvalue weighted by atomic mass is 10.1. The van der Waals surface area contributed by atoms with Gasteiger partial charge in [0.25, 0.3) is 11.6 Å². The Morgan fingerprint density at radius 2 is 1.59 bits per heavy atom. The van der Waals surface area contributed by atoms with Crippen LogP contribution in [0.25, 0.3) is 0 Å². The van der Waals surface area contributed by atoms with E-state index in [0.29, 0.717) is 0 Å². The first-order valence-corrected chi connectivity index (χ1v) is 8.83. The first-order chi connectivity index (χ1) is 13.7. The molecule has 0 spiro atoms. The maximum absolute atomic E-state index is 12.3. The molecule has 0 aromatic heterocycles. The number of halogens is 3. The number of nitro benzene ring substituents is 1. The van der Waals surface area contributed by atoms with Gasteiger partial charge in [-0.3, -0.25) is 14.9 Å². The van der Waals surface area contributed by atoms with Crippen molar-refractivity contribution in [3.05, 3.63) is 55.0 Å². The van der Waals surface area contributed by atoms with E-state index >= 15 is 0 Å². The Labute approximate surface area is 179 Å². The lowest BCUT2D eigenvalue weighted by molar-refractivity contribution is -0.385. The van der Waals surface area contributed by atoms with Crippen LogP contribution < -0.4 is 14.8 Å². The predicted octanol–water partition coefficient (Wildman–Crippen LogP) is 4.37. The fourth-order valence-corrected chi connectivity index (χ4v) is 2.79. The molecule has 9 nitrogen and oxygen atoms in total. The maximum Gasteiger partial charge on any atom is 0.345 e. The zero-order valence-electron chi connectivity index (χ0n) is 15.0. The topological polar surface area (TPSA) is 117 Å². The second kappa shape index (κ2) is 9.64.